The summed E-state index contributed by atoms with van der Waals surface area (Å²) in [7, 11) is 0. The fourth-order valence-electron chi connectivity index (χ4n) is 4.45. The minimum Gasteiger partial charge on any atom is -0.385 e. The minimum atomic E-state index is -0.961. The Kier molecular flexibility index (Phi) is 4.69. The molecule has 7 nitrogen and oxygen atoms in total. The zero-order chi connectivity index (χ0) is 18.1. The maximum atomic E-state index is 13.2. The molecule has 0 saturated carbocycles. The number of imide groups is 1. The van der Waals surface area contributed by atoms with Gasteiger partial charge in [-0.25, -0.2) is 4.79 Å². The molecule has 0 bridgehead atoms. The van der Waals surface area contributed by atoms with Crippen LogP contribution in [0.4, 0.5) is 4.79 Å². The van der Waals surface area contributed by atoms with Crippen LogP contribution in [0, 0.1) is 0 Å². The normalized spacial score (nSPS) is 27.5. The number of nitrogens with one attached hydrogen (secondary N) is 2. The largest absolute Gasteiger partial charge is 0.385 e. The molecule has 140 valence electrons. The Labute approximate surface area is 152 Å². The lowest BCUT2D eigenvalue weighted by Crippen LogP contribution is -3.15. The minimum absolute atomic E-state index is 0.0406. The van der Waals surface area contributed by atoms with Crippen molar-refractivity contribution >= 4 is 11.9 Å². The number of nitrogens with zero attached hydrogens (tertiary/aromatic N) is 1. The molecule has 2 heterocycles. The highest BCUT2D eigenvalue weighted by Gasteiger charge is 2.54. The van der Waals surface area contributed by atoms with Crippen molar-refractivity contribution in [3.8, 4) is 0 Å². The van der Waals surface area contributed by atoms with Gasteiger partial charge >= 0.3 is 6.03 Å². The summed E-state index contributed by atoms with van der Waals surface area (Å²) in [5.41, 5.74) is 1.06. The van der Waals surface area contributed by atoms with Gasteiger partial charge in [0.2, 0.25) is 0 Å². The summed E-state index contributed by atoms with van der Waals surface area (Å²) < 4.78 is 5.33. The lowest BCUT2D eigenvalue weighted by atomic mass is 9.76. The Morgan fingerprint density at radius 3 is 2.85 bits per heavy atom. The summed E-state index contributed by atoms with van der Waals surface area (Å²) in [6, 6.07) is 7.43. The van der Waals surface area contributed by atoms with Gasteiger partial charge in [0.25, 0.3) is 5.91 Å². The third-order valence-corrected chi connectivity index (χ3v) is 5.77. The van der Waals surface area contributed by atoms with Crippen LogP contribution < -0.4 is 10.2 Å². The van der Waals surface area contributed by atoms with Crippen molar-refractivity contribution in [2.75, 3.05) is 39.4 Å². The molecule has 2 aliphatic heterocycles. The van der Waals surface area contributed by atoms with Crippen LogP contribution in [-0.4, -0.2) is 67.4 Å². The third-order valence-electron chi connectivity index (χ3n) is 5.77. The molecule has 0 aromatic heterocycles. The third kappa shape index (κ3) is 3.00. The van der Waals surface area contributed by atoms with E-state index in [9.17, 15) is 14.7 Å². The molecule has 7 heteroatoms. The van der Waals surface area contributed by atoms with E-state index in [0.717, 1.165) is 37.1 Å². The predicted molar refractivity (Wildman–Crippen MR) is 93.7 cm³/mol. The molecule has 3 amide bonds. The second kappa shape index (κ2) is 6.98. The summed E-state index contributed by atoms with van der Waals surface area (Å²) in [5, 5.41) is 13.4. The van der Waals surface area contributed by atoms with Crippen molar-refractivity contribution in [2.45, 2.75) is 30.9 Å². The number of aryl methyl sites for hydroxylation is 1. The highest BCUT2D eigenvalue weighted by molar-refractivity contribution is 6.07. The quantitative estimate of drug-likeness (QED) is 0.605. The number of benzene rings is 1. The van der Waals surface area contributed by atoms with Crippen molar-refractivity contribution < 1.29 is 24.3 Å². The average molecular weight is 360 g/mol. The van der Waals surface area contributed by atoms with E-state index in [2.05, 4.69) is 5.32 Å². The van der Waals surface area contributed by atoms with Gasteiger partial charge in [0.1, 0.15) is 31.3 Å². The highest BCUT2D eigenvalue weighted by Crippen LogP contribution is 2.39. The molecule has 3 N–H and O–H groups in total. The molecule has 1 aromatic carbocycles. The van der Waals surface area contributed by atoms with Crippen LogP contribution in [0.1, 0.15) is 24.0 Å². The van der Waals surface area contributed by atoms with Crippen LogP contribution in [0.5, 0.6) is 0 Å². The molecule has 4 rings (SSSR count). The number of amides is 3. The Balaban J connectivity index is 1.49. The average Bonchev–Trinajstić information content (AvgIpc) is 2.88. The fourth-order valence-corrected chi connectivity index (χ4v) is 4.45. The molecule has 2 fully saturated rings. The molecule has 1 aromatic rings. The molecule has 0 unspecified atom stereocenters. The van der Waals surface area contributed by atoms with Crippen LogP contribution >= 0.6 is 0 Å². The van der Waals surface area contributed by atoms with Gasteiger partial charge in [-0.15, -0.1) is 0 Å². The fraction of sp³-hybridized carbons (Fsp3) is 0.579. The number of morpholine rings is 1. The number of quaternary nitrogens is 1. The zero-order valence-corrected chi connectivity index (χ0v) is 14.9. The van der Waals surface area contributed by atoms with E-state index >= 15 is 0 Å². The van der Waals surface area contributed by atoms with Crippen molar-refractivity contribution in [2.24, 2.45) is 0 Å². The Morgan fingerprint density at radius 2 is 2.04 bits per heavy atom. The Hall–Kier alpha value is -1.96. The number of hydrogen-bond donors (Lipinski definition) is 3. The lowest BCUT2D eigenvalue weighted by Gasteiger charge is -2.33. The first-order valence-corrected chi connectivity index (χ1v) is 9.42. The second-order valence-electron chi connectivity index (χ2n) is 7.48. The van der Waals surface area contributed by atoms with E-state index < -0.39 is 17.7 Å². The van der Waals surface area contributed by atoms with Gasteiger partial charge in [-0.2, -0.15) is 0 Å². The summed E-state index contributed by atoms with van der Waals surface area (Å²) in [5.74, 6) is -0.231. The smallest absolute Gasteiger partial charge is 0.325 e. The van der Waals surface area contributed by atoms with Gasteiger partial charge in [-0.05, 0) is 30.4 Å². The van der Waals surface area contributed by atoms with Crippen molar-refractivity contribution in [3.63, 3.8) is 0 Å². The van der Waals surface area contributed by atoms with Gasteiger partial charge in [0.05, 0.1) is 19.8 Å². The summed E-state index contributed by atoms with van der Waals surface area (Å²) in [4.78, 5) is 28.2. The summed E-state index contributed by atoms with van der Waals surface area (Å²) in [6.07, 6.45) is 1.66. The topological polar surface area (TPSA) is 83.3 Å². The van der Waals surface area contributed by atoms with Crippen LogP contribution in [0.15, 0.2) is 24.3 Å². The summed E-state index contributed by atoms with van der Waals surface area (Å²) >= 11 is 0. The van der Waals surface area contributed by atoms with Crippen molar-refractivity contribution in [1.29, 1.82) is 0 Å². The van der Waals surface area contributed by atoms with E-state index in [-0.39, 0.29) is 12.5 Å². The molecule has 2 saturated heterocycles. The van der Waals surface area contributed by atoms with Crippen LogP contribution in [-0.2, 0) is 21.5 Å². The standard InChI is InChI=1S/C19H25N3O4/c23-15(12-21-8-10-26-11-9-21)13-22-17(24)19(20-18(22)25)7-3-5-14-4-1-2-6-16(14)19/h1-2,4,6,15,23H,3,5,7-13H2,(H,20,25)/p+1/t15-,19+/m1/s1. The first-order valence-electron chi connectivity index (χ1n) is 9.42. The van der Waals surface area contributed by atoms with Gasteiger partial charge in [-0.3, -0.25) is 9.69 Å². The maximum absolute atomic E-state index is 13.2. The van der Waals surface area contributed by atoms with Crippen LogP contribution in [0.2, 0.25) is 0 Å². The van der Waals surface area contributed by atoms with E-state index in [1.165, 1.54) is 9.80 Å². The van der Waals surface area contributed by atoms with E-state index in [1.54, 1.807) is 0 Å². The number of aliphatic hydroxyl groups is 1. The summed E-state index contributed by atoms with van der Waals surface area (Å²) in [6.45, 7) is 3.61. The number of urea groups is 1. The molecule has 1 aliphatic carbocycles. The predicted octanol–water partition coefficient (Wildman–Crippen LogP) is -0.954. The van der Waals surface area contributed by atoms with Gasteiger partial charge in [0.15, 0.2) is 0 Å². The maximum Gasteiger partial charge on any atom is 0.325 e. The number of hydrogen-bond acceptors (Lipinski definition) is 4. The van der Waals surface area contributed by atoms with E-state index in [1.807, 2.05) is 24.3 Å². The second-order valence-corrected chi connectivity index (χ2v) is 7.48. The number of carbonyl (C=O) groups is 2. The van der Waals surface area contributed by atoms with Crippen LogP contribution in [0.3, 0.4) is 0 Å². The first kappa shape index (κ1) is 17.5. The molecule has 26 heavy (non-hydrogen) atoms. The molecular formula is C19H26N3O4+. The Bertz CT molecular complexity index is 704. The first-order chi connectivity index (χ1) is 12.6. The van der Waals surface area contributed by atoms with Crippen molar-refractivity contribution in [1.82, 2.24) is 10.2 Å². The number of fused-ring (bicyclic) bond motifs is 2. The molecule has 2 atom stereocenters. The van der Waals surface area contributed by atoms with Gasteiger partial charge < -0.3 is 20.1 Å². The molecule has 0 radical (unpaired) electrons. The SMILES string of the molecule is O=C1N[C@]2(CCCc3ccccc32)C(=O)N1C[C@H](O)C[NH+]1CCOCC1. The van der Waals surface area contributed by atoms with E-state index in [4.69, 9.17) is 4.74 Å². The highest BCUT2D eigenvalue weighted by atomic mass is 16.5. The van der Waals surface area contributed by atoms with Crippen LogP contribution in [0.25, 0.3) is 0 Å². The number of carbonyl (C=O) groups excluding carboxylic acids is 2. The molecule has 3 aliphatic rings. The van der Waals surface area contributed by atoms with Gasteiger partial charge in [-0.1, -0.05) is 24.3 Å². The zero-order valence-electron chi connectivity index (χ0n) is 14.9. The number of ether oxygens (including phenoxy) is 1. The van der Waals surface area contributed by atoms with Gasteiger partial charge in [0, 0.05) is 0 Å². The number of rotatable bonds is 4. The van der Waals surface area contributed by atoms with Crippen molar-refractivity contribution in [3.05, 3.63) is 35.4 Å². The number of aliphatic hydroxyl groups excluding tert-OH is 1. The monoisotopic (exact) mass is 360 g/mol. The number of β-amino-alcohol motifs (C(OH)–C–C–N with tert-alkyl or cyclic N) is 1. The van der Waals surface area contributed by atoms with E-state index in [0.29, 0.717) is 26.2 Å². The Morgan fingerprint density at radius 1 is 1.27 bits per heavy atom. The lowest BCUT2D eigenvalue weighted by molar-refractivity contribution is -0.910. The molecule has 1 spiro atoms. The molecular weight excluding hydrogens is 334 g/mol.